The van der Waals surface area contributed by atoms with Crippen LogP contribution in [0, 0.1) is 6.92 Å². The van der Waals surface area contributed by atoms with E-state index >= 15 is 0 Å². The number of benzene rings is 2. The summed E-state index contributed by atoms with van der Waals surface area (Å²) in [6, 6.07) is 12.9. The molecular formula is C21H30O2. The monoisotopic (exact) mass is 314 g/mol. The molecule has 2 aromatic carbocycles. The molecule has 23 heavy (non-hydrogen) atoms. The standard InChI is InChI=1S/C14H22O.C7H8O/c1-13(2,3)10-8-7-9-11(15)12(10)14(4,5)6;1-6-2-4-7(8)5-3-6/h7-9,15H,1-6H3;2-5,8H,1H3. The molecule has 0 heterocycles. The Kier molecular flexibility index (Phi) is 5.87. The highest BCUT2D eigenvalue weighted by atomic mass is 16.3. The van der Waals surface area contributed by atoms with Crippen molar-refractivity contribution < 1.29 is 10.2 Å². The maximum absolute atomic E-state index is 9.99. The summed E-state index contributed by atoms with van der Waals surface area (Å²) in [6.45, 7) is 14.9. The van der Waals surface area contributed by atoms with E-state index in [9.17, 15) is 5.11 Å². The number of phenols is 2. The smallest absolute Gasteiger partial charge is 0.119 e. The van der Waals surface area contributed by atoms with Gasteiger partial charge in [-0.25, -0.2) is 0 Å². The molecule has 0 aliphatic rings. The van der Waals surface area contributed by atoms with Gasteiger partial charge in [-0.15, -0.1) is 0 Å². The summed E-state index contributed by atoms with van der Waals surface area (Å²) in [5.74, 6) is 0.741. The fourth-order valence-corrected chi connectivity index (χ4v) is 2.50. The van der Waals surface area contributed by atoms with Gasteiger partial charge in [0, 0.05) is 5.56 Å². The molecule has 0 unspecified atom stereocenters. The van der Waals surface area contributed by atoms with Gasteiger partial charge in [-0.3, -0.25) is 0 Å². The van der Waals surface area contributed by atoms with Gasteiger partial charge in [-0.2, -0.15) is 0 Å². The number of aryl methyl sites for hydroxylation is 1. The van der Waals surface area contributed by atoms with E-state index in [1.165, 1.54) is 11.1 Å². The van der Waals surface area contributed by atoms with Crippen LogP contribution >= 0.6 is 0 Å². The molecule has 0 aliphatic heterocycles. The van der Waals surface area contributed by atoms with Crippen LogP contribution in [0.1, 0.15) is 58.2 Å². The number of hydrogen-bond donors (Lipinski definition) is 2. The van der Waals surface area contributed by atoms with Crippen LogP contribution in [0.15, 0.2) is 42.5 Å². The van der Waals surface area contributed by atoms with Crippen molar-refractivity contribution in [1.29, 1.82) is 0 Å². The number of aromatic hydroxyl groups is 2. The molecule has 0 amide bonds. The predicted molar refractivity (Wildman–Crippen MR) is 98.4 cm³/mol. The molecule has 0 spiro atoms. The van der Waals surface area contributed by atoms with Crippen LogP contribution < -0.4 is 0 Å². The summed E-state index contributed by atoms with van der Waals surface area (Å²) >= 11 is 0. The van der Waals surface area contributed by atoms with Gasteiger partial charge in [0.05, 0.1) is 0 Å². The van der Waals surface area contributed by atoms with Crippen LogP contribution in [0.25, 0.3) is 0 Å². The van der Waals surface area contributed by atoms with Crippen LogP contribution in [-0.4, -0.2) is 10.2 Å². The van der Waals surface area contributed by atoms with Crippen molar-refractivity contribution in [3.05, 3.63) is 59.2 Å². The van der Waals surface area contributed by atoms with E-state index < -0.39 is 0 Å². The molecule has 0 aromatic heterocycles. The second-order valence-electron chi connectivity index (χ2n) is 8.04. The van der Waals surface area contributed by atoms with Gasteiger partial charge in [0.1, 0.15) is 11.5 Å². The first-order valence-electron chi connectivity index (χ1n) is 8.01. The minimum absolute atomic E-state index is 0.0199. The topological polar surface area (TPSA) is 40.5 Å². The summed E-state index contributed by atoms with van der Waals surface area (Å²) in [5, 5.41) is 18.7. The van der Waals surface area contributed by atoms with Gasteiger partial charge in [0.2, 0.25) is 0 Å². The quantitative estimate of drug-likeness (QED) is 0.656. The van der Waals surface area contributed by atoms with Crippen molar-refractivity contribution in [2.75, 3.05) is 0 Å². The van der Waals surface area contributed by atoms with Crippen molar-refractivity contribution in [2.24, 2.45) is 0 Å². The average molecular weight is 314 g/mol. The highest BCUT2D eigenvalue weighted by Crippen LogP contribution is 2.38. The zero-order chi connectivity index (χ0) is 17.8. The first-order valence-corrected chi connectivity index (χ1v) is 8.01. The predicted octanol–water partition coefficient (Wildman–Crippen LogP) is 5.69. The van der Waals surface area contributed by atoms with E-state index in [1.54, 1.807) is 18.2 Å². The maximum Gasteiger partial charge on any atom is 0.119 e. The van der Waals surface area contributed by atoms with Crippen LogP contribution in [0.2, 0.25) is 0 Å². The van der Waals surface area contributed by atoms with Gasteiger partial charge in [-0.05, 0) is 41.5 Å². The minimum atomic E-state index is -0.0199. The molecule has 0 radical (unpaired) electrons. The van der Waals surface area contributed by atoms with Crippen LogP contribution in [0.5, 0.6) is 11.5 Å². The molecular weight excluding hydrogens is 284 g/mol. The minimum Gasteiger partial charge on any atom is -0.508 e. The normalized spacial score (nSPS) is 11.6. The Bertz CT molecular complexity index is 605. The molecule has 0 saturated heterocycles. The van der Waals surface area contributed by atoms with Gasteiger partial charge in [0.25, 0.3) is 0 Å². The first kappa shape index (κ1) is 19.1. The van der Waals surface area contributed by atoms with Crippen molar-refractivity contribution in [1.82, 2.24) is 0 Å². The van der Waals surface area contributed by atoms with E-state index in [4.69, 9.17) is 5.11 Å². The fourth-order valence-electron chi connectivity index (χ4n) is 2.50. The second-order valence-corrected chi connectivity index (χ2v) is 8.04. The molecule has 126 valence electrons. The molecule has 2 nitrogen and oxygen atoms in total. The lowest BCUT2D eigenvalue weighted by atomic mass is 9.75. The highest BCUT2D eigenvalue weighted by molar-refractivity contribution is 5.46. The van der Waals surface area contributed by atoms with E-state index in [2.05, 4.69) is 47.6 Å². The third kappa shape index (κ3) is 5.63. The van der Waals surface area contributed by atoms with Gasteiger partial charge in [0.15, 0.2) is 0 Å². The Hall–Kier alpha value is -1.96. The lowest BCUT2D eigenvalue weighted by molar-refractivity contribution is 0.435. The van der Waals surface area contributed by atoms with Gasteiger partial charge < -0.3 is 10.2 Å². The molecule has 2 N–H and O–H groups in total. The SMILES string of the molecule is CC(C)(C)c1cccc(O)c1C(C)(C)C.Cc1ccc(O)cc1. The number of rotatable bonds is 0. The van der Waals surface area contributed by atoms with Crippen molar-refractivity contribution in [3.63, 3.8) is 0 Å². The molecule has 2 aromatic rings. The summed E-state index contributed by atoms with van der Waals surface area (Å²) < 4.78 is 0. The van der Waals surface area contributed by atoms with Gasteiger partial charge in [-0.1, -0.05) is 71.4 Å². The molecule has 0 saturated carbocycles. The summed E-state index contributed by atoms with van der Waals surface area (Å²) in [5.41, 5.74) is 3.52. The summed E-state index contributed by atoms with van der Waals surface area (Å²) in [7, 11) is 0. The Morgan fingerprint density at radius 3 is 1.57 bits per heavy atom. The largest absolute Gasteiger partial charge is 0.508 e. The summed E-state index contributed by atoms with van der Waals surface area (Å²) in [4.78, 5) is 0. The third-order valence-corrected chi connectivity index (χ3v) is 3.63. The molecule has 0 bridgehead atoms. The first-order chi connectivity index (χ1) is 10.4. The molecule has 0 atom stereocenters. The van der Waals surface area contributed by atoms with E-state index in [1.807, 2.05) is 25.1 Å². The zero-order valence-electron chi connectivity index (χ0n) is 15.4. The molecule has 0 aliphatic carbocycles. The van der Waals surface area contributed by atoms with Crippen molar-refractivity contribution >= 4 is 0 Å². The summed E-state index contributed by atoms with van der Waals surface area (Å²) in [6.07, 6.45) is 0. The Morgan fingerprint density at radius 1 is 0.696 bits per heavy atom. The maximum atomic E-state index is 9.99. The molecule has 2 heteroatoms. The molecule has 0 fully saturated rings. The highest BCUT2D eigenvalue weighted by Gasteiger charge is 2.27. The lowest BCUT2D eigenvalue weighted by Crippen LogP contribution is -2.21. The zero-order valence-corrected chi connectivity index (χ0v) is 15.4. The van der Waals surface area contributed by atoms with Crippen molar-refractivity contribution in [3.8, 4) is 11.5 Å². The van der Waals surface area contributed by atoms with E-state index in [0.29, 0.717) is 11.5 Å². The molecule has 2 rings (SSSR count). The van der Waals surface area contributed by atoms with E-state index in [-0.39, 0.29) is 10.8 Å². The van der Waals surface area contributed by atoms with Crippen LogP contribution in [-0.2, 0) is 10.8 Å². The van der Waals surface area contributed by atoms with Crippen molar-refractivity contribution in [2.45, 2.75) is 59.3 Å². The van der Waals surface area contributed by atoms with Crippen LogP contribution in [0.4, 0.5) is 0 Å². The number of hydrogen-bond acceptors (Lipinski definition) is 2. The lowest BCUT2D eigenvalue weighted by Gasteiger charge is -2.30. The van der Waals surface area contributed by atoms with Crippen LogP contribution in [0.3, 0.4) is 0 Å². The Balaban J connectivity index is 0.000000277. The van der Waals surface area contributed by atoms with E-state index in [0.717, 1.165) is 5.56 Å². The number of phenolic OH excluding ortho intramolecular Hbond substituents is 2. The Labute approximate surface area is 140 Å². The third-order valence-electron chi connectivity index (χ3n) is 3.63. The Morgan fingerprint density at radius 2 is 1.22 bits per heavy atom. The average Bonchev–Trinajstić information content (AvgIpc) is 2.40. The van der Waals surface area contributed by atoms with Gasteiger partial charge >= 0.3 is 0 Å². The second kappa shape index (κ2) is 7.08. The fraction of sp³-hybridized carbons (Fsp3) is 0.429.